The number of piperazine rings is 1. The van der Waals surface area contributed by atoms with Gasteiger partial charge in [-0.3, -0.25) is 0 Å². The third-order valence-electron chi connectivity index (χ3n) is 4.20. The van der Waals surface area contributed by atoms with Gasteiger partial charge in [-0.2, -0.15) is 0 Å². The fourth-order valence-electron chi connectivity index (χ4n) is 2.82. The Morgan fingerprint density at radius 2 is 1.68 bits per heavy atom. The first-order valence-corrected chi connectivity index (χ1v) is 7.65. The van der Waals surface area contributed by atoms with E-state index >= 15 is 0 Å². The van der Waals surface area contributed by atoms with E-state index in [-0.39, 0.29) is 0 Å². The molecular formula is C17H19N5. The van der Waals surface area contributed by atoms with Gasteiger partial charge in [-0.05, 0) is 19.2 Å². The summed E-state index contributed by atoms with van der Waals surface area (Å²) in [6.07, 6.45) is 2.00. The first-order chi connectivity index (χ1) is 10.8. The van der Waals surface area contributed by atoms with Crippen molar-refractivity contribution in [2.24, 2.45) is 0 Å². The number of likely N-dealkylation sites (N-methyl/N-ethyl adjacent to an activating group) is 1. The molecule has 112 valence electrons. The maximum atomic E-state index is 4.73. The van der Waals surface area contributed by atoms with Gasteiger partial charge in [-0.25, -0.2) is 9.50 Å². The Labute approximate surface area is 129 Å². The highest BCUT2D eigenvalue weighted by molar-refractivity contribution is 5.62. The van der Waals surface area contributed by atoms with Gasteiger partial charge in [0.2, 0.25) is 0 Å². The number of anilines is 1. The van der Waals surface area contributed by atoms with Crippen molar-refractivity contribution in [2.75, 3.05) is 38.1 Å². The largest absolute Gasteiger partial charge is 0.353 e. The molecule has 0 spiro atoms. The molecule has 1 saturated heterocycles. The molecule has 0 aliphatic carbocycles. The van der Waals surface area contributed by atoms with Gasteiger partial charge in [-0.15, -0.1) is 5.10 Å². The quantitative estimate of drug-likeness (QED) is 0.725. The number of benzene rings is 1. The minimum Gasteiger partial charge on any atom is -0.353 e. The van der Waals surface area contributed by atoms with Crippen LogP contribution in [0.1, 0.15) is 0 Å². The monoisotopic (exact) mass is 293 g/mol. The molecule has 1 fully saturated rings. The molecule has 0 N–H and O–H groups in total. The van der Waals surface area contributed by atoms with E-state index in [1.165, 1.54) is 0 Å². The fraction of sp³-hybridized carbons (Fsp3) is 0.294. The van der Waals surface area contributed by atoms with Crippen molar-refractivity contribution in [2.45, 2.75) is 0 Å². The summed E-state index contributed by atoms with van der Waals surface area (Å²) in [5.74, 6) is 1.03. The van der Waals surface area contributed by atoms with E-state index in [9.17, 15) is 0 Å². The van der Waals surface area contributed by atoms with Gasteiger partial charge in [0.25, 0.3) is 0 Å². The number of hydrogen-bond donors (Lipinski definition) is 0. The molecule has 2 aromatic heterocycles. The third-order valence-corrected chi connectivity index (χ3v) is 4.20. The van der Waals surface area contributed by atoms with Crippen molar-refractivity contribution >= 4 is 11.5 Å². The lowest BCUT2D eigenvalue weighted by molar-refractivity contribution is 0.311. The van der Waals surface area contributed by atoms with Gasteiger partial charge in [0, 0.05) is 31.7 Å². The van der Waals surface area contributed by atoms with Crippen LogP contribution in [0.25, 0.3) is 16.9 Å². The van der Waals surface area contributed by atoms with Crippen LogP contribution in [0.15, 0.2) is 48.7 Å². The maximum absolute atomic E-state index is 4.73. The average molecular weight is 293 g/mol. The summed E-state index contributed by atoms with van der Waals surface area (Å²) in [7, 11) is 2.16. The van der Waals surface area contributed by atoms with E-state index in [2.05, 4.69) is 40.0 Å². The molecule has 0 bridgehead atoms. The van der Waals surface area contributed by atoms with Gasteiger partial charge in [0.05, 0.1) is 11.9 Å². The zero-order chi connectivity index (χ0) is 14.9. The SMILES string of the molecule is CN1CCN(c2ccc3nc(-c4ccccc4)cn3n2)CC1. The molecule has 5 nitrogen and oxygen atoms in total. The van der Waals surface area contributed by atoms with Gasteiger partial charge in [-0.1, -0.05) is 30.3 Å². The minimum absolute atomic E-state index is 0.886. The Morgan fingerprint density at radius 1 is 0.909 bits per heavy atom. The van der Waals surface area contributed by atoms with E-state index in [0.717, 1.165) is 48.9 Å². The number of aromatic nitrogens is 3. The Morgan fingerprint density at radius 3 is 2.45 bits per heavy atom. The van der Waals surface area contributed by atoms with Crippen LogP contribution in [0.2, 0.25) is 0 Å². The second-order valence-electron chi connectivity index (χ2n) is 5.78. The molecule has 0 unspecified atom stereocenters. The van der Waals surface area contributed by atoms with Crippen LogP contribution in [0.4, 0.5) is 5.82 Å². The topological polar surface area (TPSA) is 36.7 Å². The fourth-order valence-corrected chi connectivity index (χ4v) is 2.82. The molecule has 5 heteroatoms. The summed E-state index contributed by atoms with van der Waals surface area (Å²) in [5.41, 5.74) is 2.97. The van der Waals surface area contributed by atoms with Gasteiger partial charge < -0.3 is 9.80 Å². The summed E-state index contributed by atoms with van der Waals surface area (Å²) in [6.45, 7) is 4.21. The summed E-state index contributed by atoms with van der Waals surface area (Å²) >= 11 is 0. The van der Waals surface area contributed by atoms with E-state index in [0.29, 0.717) is 0 Å². The normalized spacial score (nSPS) is 16.3. The predicted molar refractivity (Wildman–Crippen MR) is 88.1 cm³/mol. The molecule has 1 aromatic carbocycles. The van der Waals surface area contributed by atoms with Crippen LogP contribution in [0.5, 0.6) is 0 Å². The number of rotatable bonds is 2. The summed E-state index contributed by atoms with van der Waals surface area (Å²) < 4.78 is 1.88. The maximum Gasteiger partial charge on any atom is 0.154 e. The first-order valence-electron chi connectivity index (χ1n) is 7.65. The van der Waals surface area contributed by atoms with Crippen molar-refractivity contribution in [3.05, 3.63) is 48.7 Å². The highest BCUT2D eigenvalue weighted by Gasteiger charge is 2.16. The van der Waals surface area contributed by atoms with Gasteiger partial charge in [0.1, 0.15) is 5.82 Å². The second kappa shape index (κ2) is 5.42. The van der Waals surface area contributed by atoms with Crippen LogP contribution < -0.4 is 4.90 Å². The summed E-state index contributed by atoms with van der Waals surface area (Å²) in [6, 6.07) is 14.3. The van der Waals surface area contributed by atoms with Crippen LogP contribution in [0, 0.1) is 0 Å². The average Bonchev–Trinajstić information content (AvgIpc) is 2.99. The highest BCUT2D eigenvalue weighted by Crippen LogP contribution is 2.20. The second-order valence-corrected chi connectivity index (χ2v) is 5.78. The van der Waals surface area contributed by atoms with E-state index < -0.39 is 0 Å². The van der Waals surface area contributed by atoms with Crippen molar-refractivity contribution in [1.82, 2.24) is 19.5 Å². The van der Waals surface area contributed by atoms with E-state index in [1.807, 2.05) is 35.0 Å². The molecule has 0 radical (unpaired) electrons. The summed E-state index contributed by atoms with van der Waals surface area (Å²) in [4.78, 5) is 9.34. The lowest BCUT2D eigenvalue weighted by atomic mass is 10.2. The standard InChI is InChI=1S/C17H19N5/c1-20-9-11-21(12-10-20)17-8-7-16-18-15(13-22(16)19-17)14-5-3-2-4-6-14/h2-8,13H,9-12H2,1H3. The molecule has 1 aliphatic rings. The molecular weight excluding hydrogens is 274 g/mol. The number of nitrogens with zero attached hydrogens (tertiary/aromatic N) is 5. The smallest absolute Gasteiger partial charge is 0.154 e. The van der Waals surface area contributed by atoms with Crippen LogP contribution in [0.3, 0.4) is 0 Å². The zero-order valence-corrected chi connectivity index (χ0v) is 12.7. The van der Waals surface area contributed by atoms with E-state index in [1.54, 1.807) is 0 Å². The number of fused-ring (bicyclic) bond motifs is 1. The Bertz CT molecular complexity index is 772. The molecule has 3 aromatic rings. The van der Waals surface area contributed by atoms with Crippen molar-refractivity contribution in [3.8, 4) is 11.3 Å². The highest BCUT2D eigenvalue weighted by atomic mass is 15.3. The Balaban J connectivity index is 1.66. The number of hydrogen-bond acceptors (Lipinski definition) is 4. The van der Waals surface area contributed by atoms with Crippen molar-refractivity contribution < 1.29 is 0 Å². The van der Waals surface area contributed by atoms with Crippen LogP contribution in [-0.4, -0.2) is 52.7 Å². The van der Waals surface area contributed by atoms with E-state index in [4.69, 9.17) is 5.10 Å². The number of imidazole rings is 1. The molecule has 0 atom stereocenters. The molecule has 0 saturated carbocycles. The first kappa shape index (κ1) is 13.3. The van der Waals surface area contributed by atoms with Crippen molar-refractivity contribution in [1.29, 1.82) is 0 Å². The lowest BCUT2D eigenvalue weighted by Gasteiger charge is -2.32. The lowest BCUT2D eigenvalue weighted by Crippen LogP contribution is -2.44. The molecule has 1 aliphatic heterocycles. The molecule has 22 heavy (non-hydrogen) atoms. The summed E-state index contributed by atoms with van der Waals surface area (Å²) in [5, 5.41) is 4.73. The van der Waals surface area contributed by atoms with Gasteiger partial charge >= 0.3 is 0 Å². The third kappa shape index (κ3) is 2.44. The minimum atomic E-state index is 0.886. The van der Waals surface area contributed by atoms with Crippen LogP contribution in [-0.2, 0) is 0 Å². The Kier molecular flexibility index (Phi) is 3.27. The molecule has 4 rings (SSSR count). The molecule has 3 heterocycles. The van der Waals surface area contributed by atoms with Gasteiger partial charge in [0.15, 0.2) is 5.65 Å². The Hall–Kier alpha value is -2.40. The predicted octanol–water partition coefficient (Wildman–Crippen LogP) is 2.15. The van der Waals surface area contributed by atoms with Crippen LogP contribution >= 0.6 is 0 Å². The molecule has 0 amide bonds. The van der Waals surface area contributed by atoms with Crippen molar-refractivity contribution in [3.63, 3.8) is 0 Å². The zero-order valence-electron chi connectivity index (χ0n) is 12.7.